The van der Waals surface area contributed by atoms with Crippen molar-refractivity contribution in [1.82, 2.24) is 19.1 Å². The lowest BCUT2D eigenvalue weighted by atomic mass is 10.1. The van der Waals surface area contributed by atoms with Crippen LogP contribution >= 0.6 is 11.3 Å². The lowest BCUT2D eigenvalue weighted by Crippen LogP contribution is -2.01. The van der Waals surface area contributed by atoms with Gasteiger partial charge < -0.3 is 9.13 Å². The summed E-state index contributed by atoms with van der Waals surface area (Å²) in [6.07, 6.45) is 0. The molecule has 238 valence electrons. The fourth-order valence-corrected chi connectivity index (χ4v) is 9.10. The predicted molar refractivity (Wildman–Crippen MR) is 214 cm³/mol. The first-order valence-electron chi connectivity index (χ1n) is 17.2. The van der Waals surface area contributed by atoms with Crippen LogP contribution in [0.15, 0.2) is 170 Å². The maximum absolute atomic E-state index is 5.43. The number of fused-ring (bicyclic) bond motifs is 10. The largest absolute Gasteiger partial charge is 0.309 e. The van der Waals surface area contributed by atoms with Gasteiger partial charge in [0.05, 0.1) is 33.4 Å². The first kappa shape index (κ1) is 28.3. The lowest BCUT2D eigenvalue weighted by Gasteiger charge is -2.15. The Kier molecular flexibility index (Phi) is 6.09. The smallest absolute Gasteiger partial charge is 0.163 e. The molecule has 0 N–H and O–H groups in total. The molecule has 4 aromatic heterocycles. The second kappa shape index (κ2) is 11.0. The zero-order chi connectivity index (χ0) is 33.5. The average Bonchev–Trinajstić information content (AvgIpc) is 3.86. The molecular weight excluding hydrogens is 641 g/mol. The molecule has 0 atom stereocenters. The van der Waals surface area contributed by atoms with E-state index in [9.17, 15) is 0 Å². The van der Waals surface area contributed by atoms with Crippen molar-refractivity contribution in [3.8, 4) is 34.0 Å². The summed E-state index contributed by atoms with van der Waals surface area (Å²) in [6.45, 7) is 0. The summed E-state index contributed by atoms with van der Waals surface area (Å²) in [5.41, 5.74) is 9.90. The van der Waals surface area contributed by atoms with E-state index in [1.54, 1.807) is 11.3 Å². The van der Waals surface area contributed by atoms with Crippen molar-refractivity contribution < 1.29 is 0 Å². The van der Waals surface area contributed by atoms with E-state index in [0.717, 1.165) is 43.9 Å². The van der Waals surface area contributed by atoms with Gasteiger partial charge in [0.1, 0.15) is 4.83 Å². The molecule has 0 radical (unpaired) electrons. The molecule has 7 aromatic carbocycles. The van der Waals surface area contributed by atoms with E-state index in [1.807, 2.05) is 0 Å². The molecule has 51 heavy (non-hydrogen) atoms. The van der Waals surface area contributed by atoms with Crippen LogP contribution in [-0.2, 0) is 0 Å². The zero-order valence-corrected chi connectivity index (χ0v) is 28.2. The molecule has 0 amide bonds. The molecule has 4 nitrogen and oxygen atoms in total. The van der Waals surface area contributed by atoms with Crippen LogP contribution in [0.5, 0.6) is 0 Å². The third-order valence-electron chi connectivity index (χ3n) is 10.2. The fourth-order valence-electron chi connectivity index (χ4n) is 8.02. The lowest BCUT2D eigenvalue weighted by molar-refractivity contribution is 1.16. The molecule has 0 saturated heterocycles. The van der Waals surface area contributed by atoms with Gasteiger partial charge in [0.2, 0.25) is 0 Å². The Labute approximate surface area is 297 Å². The van der Waals surface area contributed by atoms with Crippen LogP contribution in [0.4, 0.5) is 0 Å². The van der Waals surface area contributed by atoms with E-state index in [-0.39, 0.29) is 0 Å². The van der Waals surface area contributed by atoms with E-state index in [4.69, 9.17) is 9.97 Å². The quantitative estimate of drug-likeness (QED) is 0.187. The van der Waals surface area contributed by atoms with Crippen LogP contribution in [0.3, 0.4) is 0 Å². The zero-order valence-electron chi connectivity index (χ0n) is 27.4. The summed E-state index contributed by atoms with van der Waals surface area (Å²) in [5, 5.41) is 7.18. The molecule has 0 unspecified atom stereocenters. The number of aromatic nitrogens is 4. The summed E-state index contributed by atoms with van der Waals surface area (Å²) in [6, 6.07) is 60.5. The summed E-state index contributed by atoms with van der Waals surface area (Å²) < 4.78 is 6.05. The predicted octanol–water partition coefficient (Wildman–Crippen LogP) is 12.4. The first-order valence-corrected chi connectivity index (χ1v) is 18.0. The third kappa shape index (κ3) is 4.13. The van der Waals surface area contributed by atoms with Crippen molar-refractivity contribution in [1.29, 1.82) is 0 Å². The molecule has 0 spiro atoms. The number of para-hydroxylation sites is 4. The third-order valence-corrected chi connectivity index (χ3v) is 11.2. The molecule has 0 aliphatic carbocycles. The number of benzene rings is 7. The van der Waals surface area contributed by atoms with Gasteiger partial charge in [0.25, 0.3) is 0 Å². The van der Waals surface area contributed by atoms with E-state index >= 15 is 0 Å². The Morgan fingerprint density at radius 3 is 1.90 bits per heavy atom. The van der Waals surface area contributed by atoms with Gasteiger partial charge in [-0.1, -0.05) is 121 Å². The van der Waals surface area contributed by atoms with E-state index in [0.29, 0.717) is 5.82 Å². The Bertz CT molecular complexity index is 3130. The highest BCUT2D eigenvalue weighted by Crippen LogP contribution is 2.44. The van der Waals surface area contributed by atoms with Crippen LogP contribution in [0.25, 0.3) is 97.9 Å². The average molecular weight is 669 g/mol. The molecule has 0 bridgehead atoms. The summed E-state index contributed by atoms with van der Waals surface area (Å²) >= 11 is 1.73. The molecule has 0 saturated carbocycles. The highest BCUT2D eigenvalue weighted by molar-refractivity contribution is 7.25. The van der Waals surface area contributed by atoms with Crippen LogP contribution in [0.1, 0.15) is 0 Å². The van der Waals surface area contributed by atoms with Crippen molar-refractivity contribution in [2.45, 2.75) is 0 Å². The molecule has 4 heterocycles. The standard InChI is InChI=1S/C46H28N4S/c1-3-15-29(16-4-1)43-42-35-22-10-14-26-40(35)51-46(42)48-45(47-43)34-21-9-13-25-38(34)50-36-23-11-7-19-31(36)32-27-28-39-41(44(32)50)33-20-8-12-24-37(33)49(39)30-17-5-2-6-18-30/h1-28H. The van der Waals surface area contributed by atoms with Crippen molar-refractivity contribution in [3.05, 3.63) is 170 Å². The van der Waals surface area contributed by atoms with Gasteiger partial charge in [-0.3, -0.25) is 0 Å². The van der Waals surface area contributed by atoms with Crippen molar-refractivity contribution >= 4 is 75.3 Å². The van der Waals surface area contributed by atoms with Gasteiger partial charge in [-0.05, 0) is 48.5 Å². The first-order chi connectivity index (χ1) is 25.3. The van der Waals surface area contributed by atoms with Crippen LogP contribution in [0, 0.1) is 0 Å². The maximum atomic E-state index is 5.43. The summed E-state index contributed by atoms with van der Waals surface area (Å²) in [4.78, 5) is 11.8. The minimum Gasteiger partial charge on any atom is -0.309 e. The van der Waals surface area contributed by atoms with E-state index in [2.05, 4.69) is 179 Å². The van der Waals surface area contributed by atoms with Crippen LogP contribution in [0.2, 0.25) is 0 Å². The Morgan fingerprint density at radius 1 is 0.431 bits per heavy atom. The second-order valence-electron chi connectivity index (χ2n) is 13.0. The van der Waals surface area contributed by atoms with Crippen molar-refractivity contribution in [2.75, 3.05) is 0 Å². The number of thiophene rings is 1. The van der Waals surface area contributed by atoms with Gasteiger partial charge in [-0.2, -0.15) is 0 Å². The van der Waals surface area contributed by atoms with Crippen molar-refractivity contribution in [2.24, 2.45) is 0 Å². The molecule has 0 aliphatic rings. The fraction of sp³-hybridized carbons (Fsp3) is 0. The summed E-state index contributed by atoms with van der Waals surface area (Å²) in [5.74, 6) is 0.716. The van der Waals surface area contributed by atoms with E-state index in [1.165, 1.54) is 48.2 Å². The van der Waals surface area contributed by atoms with Crippen molar-refractivity contribution in [3.63, 3.8) is 0 Å². The number of rotatable bonds is 4. The molecule has 0 aliphatic heterocycles. The normalized spacial score (nSPS) is 11.9. The minimum absolute atomic E-state index is 0.716. The second-order valence-corrected chi connectivity index (χ2v) is 14.0. The Morgan fingerprint density at radius 2 is 1.08 bits per heavy atom. The topological polar surface area (TPSA) is 35.6 Å². The van der Waals surface area contributed by atoms with Gasteiger partial charge in [-0.15, -0.1) is 11.3 Å². The number of nitrogens with zero attached hydrogens (tertiary/aromatic N) is 4. The summed E-state index contributed by atoms with van der Waals surface area (Å²) in [7, 11) is 0. The molecule has 11 aromatic rings. The SMILES string of the molecule is c1ccc(-c2nc(-c3ccccc3-n3c4ccccc4c4ccc5c(c6ccccc6n5-c5ccccc5)c43)nc3sc4ccccc4c23)cc1. The maximum Gasteiger partial charge on any atom is 0.163 e. The highest BCUT2D eigenvalue weighted by Gasteiger charge is 2.23. The van der Waals surface area contributed by atoms with E-state index < -0.39 is 0 Å². The Balaban J connectivity index is 1.27. The number of hydrogen-bond donors (Lipinski definition) is 0. The van der Waals surface area contributed by atoms with Gasteiger partial charge in [0.15, 0.2) is 5.82 Å². The monoisotopic (exact) mass is 668 g/mol. The molecule has 5 heteroatoms. The van der Waals surface area contributed by atoms with Crippen LogP contribution < -0.4 is 0 Å². The molecule has 11 rings (SSSR count). The molecular formula is C46H28N4S. The Hall–Kier alpha value is -6.56. The minimum atomic E-state index is 0.716. The van der Waals surface area contributed by atoms with Gasteiger partial charge in [0, 0.05) is 53.8 Å². The van der Waals surface area contributed by atoms with Gasteiger partial charge >= 0.3 is 0 Å². The van der Waals surface area contributed by atoms with Crippen LogP contribution in [-0.4, -0.2) is 19.1 Å². The van der Waals surface area contributed by atoms with Gasteiger partial charge in [-0.25, -0.2) is 9.97 Å². The highest BCUT2D eigenvalue weighted by atomic mass is 32.1. The molecule has 0 fully saturated rings. The number of hydrogen-bond acceptors (Lipinski definition) is 3.